The molecule has 3 heteroatoms. The zero-order chi connectivity index (χ0) is 13.5. The van der Waals surface area contributed by atoms with Crippen LogP contribution in [0.5, 0.6) is 0 Å². The lowest BCUT2D eigenvalue weighted by molar-refractivity contribution is -0.139. The smallest absolute Gasteiger partial charge is 0.223 e. The van der Waals surface area contributed by atoms with Gasteiger partial charge >= 0.3 is 0 Å². The molecule has 0 atom stereocenters. The van der Waals surface area contributed by atoms with Gasteiger partial charge in [-0.2, -0.15) is 0 Å². The lowest BCUT2D eigenvalue weighted by Gasteiger charge is -2.57. The number of hydrogen-bond acceptors (Lipinski definition) is 1. The van der Waals surface area contributed by atoms with E-state index in [0.29, 0.717) is 23.7 Å². The van der Waals surface area contributed by atoms with Gasteiger partial charge in [0.1, 0.15) is 0 Å². The van der Waals surface area contributed by atoms with Crippen molar-refractivity contribution in [1.29, 1.82) is 0 Å². The third kappa shape index (κ3) is 2.66. The summed E-state index contributed by atoms with van der Waals surface area (Å²) in [5, 5.41) is 0. The Labute approximate surface area is 121 Å². The van der Waals surface area contributed by atoms with Gasteiger partial charge in [0.2, 0.25) is 5.91 Å². The van der Waals surface area contributed by atoms with Crippen molar-refractivity contribution in [2.75, 3.05) is 19.0 Å². The second-order valence-corrected chi connectivity index (χ2v) is 7.63. The summed E-state index contributed by atoms with van der Waals surface area (Å²) in [5.41, 5.74) is 0.367. The average molecular weight is 284 g/mol. The summed E-state index contributed by atoms with van der Waals surface area (Å²) in [6, 6.07) is 0. The van der Waals surface area contributed by atoms with Crippen LogP contribution in [0.25, 0.3) is 0 Å². The molecule has 0 unspecified atom stereocenters. The SMILES string of the molecule is CCN(CCCl)C(=O)CC12CC3CC(CC(C3)C1)C2. The molecular weight excluding hydrogens is 258 g/mol. The average Bonchev–Trinajstić information content (AvgIpc) is 2.33. The van der Waals surface area contributed by atoms with Gasteiger partial charge in [-0.15, -0.1) is 11.6 Å². The minimum atomic E-state index is 0.352. The molecule has 19 heavy (non-hydrogen) atoms. The minimum absolute atomic E-state index is 0.352. The molecule has 0 aromatic heterocycles. The van der Waals surface area contributed by atoms with E-state index >= 15 is 0 Å². The zero-order valence-electron chi connectivity index (χ0n) is 12.0. The predicted molar refractivity (Wildman–Crippen MR) is 78.2 cm³/mol. The van der Waals surface area contributed by atoms with Crippen molar-refractivity contribution >= 4 is 17.5 Å². The van der Waals surface area contributed by atoms with Gasteiger partial charge in [-0.1, -0.05) is 0 Å². The Balaban J connectivity index is 1.67. The molecule has 4 saturated carbocycles. The first-order valence-corrected chi connectivity index (χ1v) is 8.51. The van der Waals surface area contributed by atoms with Gasteiger partial charge in [-0.3, -0.25) is 4.79 Å². The third-order valence-electron chi connectivity index (χ3n) is 5.78. The number of nitrogens with zero attached hydrogens (tertiary/aromatic N) is 1. The van der Waals surface area contributed by atoms with Crippen molar-refractivity contribution in [1.82, 2.24) is 4.90 Å². The number of carbonyl (C=O) groups is 1. The van der Waals surface area contributed by atoms with Crippen LogP contribution in [0.4, 0.5) is 0 Å². The van der Waals surface area contributed by atoms with E-state index < -0.39 is 0 Å². The topological polar surface area (TPSA) is 20.3 Å². The van der Waals surface area contributed by atoms with E-state index in [2.05, 4.69) is 6.92 Å². The van der Waals surface area contributed by atoms with Crippen LogP contribution in [0.3, 0.4) is 0 Å². The molecule has 2 nitrogen and oxygen atoms in total. The highest BCUT2D eigenvalue weighted by Gasteiger charge is 2.51. The van der Waals surface area contributed by atoms with Crippen LogP contribution in [-0.2, 0) is 4.79 Å². The Hall–Kier alpha value is -0.240. The van der Waals surface area contributed by atoms with Crippen LogP contribution in [0.2, 0.25) is 0 Å². The molecule has 4 fully saturated rings. The summed E-state index contributed by atoms with van der Waals surface area (Å²) in [6.45, 7) is 3.57. The fourth-order valence-electron chi connectivity index (χ4n) is 5.50. The van der Waals surface area contributed by atoms with E-state index in [1.54, 1.807) is 0 Å². The summed E-state index contributed by atoms with van der Waals surface area (Å²) >= 11 is 5.80. The number of carbonyl (C=O) groups excluding carboxylic acids is 1. The molecule has 108 valence electrons. The van der Waals surface area contributed by atoms with E-state index in [9.17, 15) is 4.79 Å². The molecule has 4 bridgehead atoms. The lowest BCUT2D eigenvalue weighted by Crippen LogP contribution is -2.48. The van der Waals surface area contributed by atoms with E-state index in [0.717, 1.165) is 30.7 Å². The van der Waals surface area contributed by atoms with Gasteiger partial charge in [-0.25, -0.2) is 0 Å². The summed E-state index contributed by atoms with van der Waals surface area (Å²) in [7, 11) is 0. The van der Waals surface area contributed by atoms with Gasteiger partial charge in [0.25, 0.3) is 0 Å². The highest BCUT2D eigenvalue weighted by atomic mass is 35.5. The van der Waals surface area contributed by atoms with E-state index in [1.165, 1.54) is 38.5 Å². The molecule has 4 rings (SSSR count). The Kier molecular flexibility index (Phi) is 3.81. The van der Waals surface area contributed by atoms with Gasteiger partial charge in [-0.05, 0) is 68.6 Å². The molecule has 1 amide bonds. The largest absolute Gasteiger partial charge is 0.342 e. The first-order valence-electron chi connectivity index (χ1n) is 7.98. The zero-order valence-corrected chi connectivity index (χ0v) is 12.8. The molecule has 4 aliphatic rings. The van der Waals surface area contributed by atoms with E-state index in [1.807, 2.05) is 4.90 Å². The second kappa shape index (κ2) is 5.27. The normalized spacial score (nSPS) is 39.6. The van der Waals surface area contributed by atoms with Crippen LogP contribution in [0, 0.1) is 23.2 Å². The van der Waals surface area contributed by atoms with Crippen molar-refractivity contribution in [2.24, 2.45) is 23.2 Å². The highest BCUT2D eigenvalue weighted by molar-refractivity contribution is 6.18. The van der Waals surface area contributed by atoms with E-state index in [4.69, 9.17) is 11.6 Å². The molecule has 0 aromatic rings. The molecule has 0 heterocycles. The number of alkyl halides is 1. The number of hydrogen-bond donors (Lipinski definition) is 0. The molecule has 0 radical (unpaired) electrons. The van der Waals surface area contributed by atoms with Gasteiger partial charge in [0.05, 0.1) is 0 Å². The molecule has 0 aliphatic heterocycles. The Morgan fingerprint density at radius 2 is 1.68 bits per heavy atom. The molecular formula is C16H26ClNO. The Bertz CT molecular complexity index is 319. The third-order valence-corrected chi connectivity index (χ3v) is 5.95. The van der Waals surface area contributed by atoms with Crippen molar-refractivity contribution in [2.45, 2.75) is 51.9 Å². The maximum absolute atomic E-state index is 12.5. The van der Waals surface area contributed by atoms with Gasteiger partial charge < -0.3 is 4.90 Å². The highest BCUT2D eigenvalue weighted by Crippen LogP contribution is 2.61. The molecule has 0 N–H and O–H groups in total. The van der Waals surface area contributed by atoms with Crippen molar-refractivity contribution < 1.29 is 4.79 Å². The lowest BCUT2D eigenvalue weighted by atomic mass is 9.49. The number of amides is 1. The fourth-order valence-corrected chi connectivity index (χ4v) is 5.70. The van der Waals surface area contributed by atoms with E-state index in [-0.39, 0.29) is 0 Å². The first-order chi connectivity index (χ1) is 9.14. The molecule has 0 aromatic carbocycles. The second-order valence-electron chi connectivity index (χ2n) is 7.26. The molecule has 0 spiro atoms. The van der Waals surface area contributed by atoms with Crippen LogP contribution in [-0.4, -0.2) is 29.8 Å². The standard InChI is InChI=1S/C16H26ClNO/c1-2-18(4-3-17)15(19)11-16-8-12-5-13(9-16)7-14(6-12)10-16/h12-14H,2-11H2,1H3. The minimum Gasteiger partial charge on any atom is -0.342 e. The summed E-state index contributed by atoms with van der Waals surface area (Å²) < 4.78 is 0. The molecule has 0 saturated heterocycles. The fraction of sp³-hybridized carbons (Fsp3) is 0.938. The van der Waals surface area contributed by atoms with Crippen LogP contribution in [0.15, 0.2) is 0 Å². The summed E-state index contributed by atoms with van der Waals surface area (Å²) in [6.07, 6.45) is 9.11. The van der Waals surface area contributed by atoms with Crippen LogP contribution in [0.1, 0.15) is 51.9 Å². The summed E-state index contributed by atoms with van der Waals surface area (Å²) in [5.74, 6) is 3.71. The van der Waals surface area contributed by atoms with Crippen LogP contribution < -0.4 is 0 Å². The number of halogens is 1. The molecule has 4 aliphatic carbocycles. The van der Waals surface area contributed by atoms with Crippen molar-refractivity contribution in [3.8, 4) is 0 Å². The Morgan fingerprint density at radius 1 is 1.16 bits per heavy atom. The summed E-state index contributed by atoms with van der Waals surface area (Å²) in [4.78, 5) is 14.5. The van der Waals surface area contributed by atoms with Crippen LogP contribution >= 0.6 is 11.6 Å². The maximum Gasteiger partial charge on any atom is 0.223 e. The van der Waals surface area contributed by atoms with Crippen molar-refractivity contribution in [3.05, 3.63) is 0 Å². The maximum atomic E-state index is 12.5. The van der Waals surface area contributed by atoms with Gasteiger partial charge in [0.15, 0.2) is 0 Å². The van der Waals surface area contributed by atoms with Crippen molar-refractivity contribution in [3.63, 3.8) is 0 Å². The van der Waals surface area contributed by atoms with Gasteiger partial charge in [0, 0.05) is 25.4 Å². The quantitative estimate of drug-likeness (QED) is 0.705. The predicted octanol–water partition coefficient (Wildman–Crippen LogP) is 3.68. The Morgan fingerprint density at radius 3 is 2.11 bits per heavy atom. The first kappa shape index (κ1) is 13.7. The number of rotatable bonds is 5. The monoisotopic (exact) mass is 283 g/mol.